The smallest absolute Gasteiger partial charge is 0.253 e. The molecule has 1 amide bonds. The lowest BCUT2D eigenvalue weighted by Gasteiger charge is -2.22. The van der Waals surface area contributed by atoms with Gasteiger partial charge >= 0.3 is 0 Å². The Hall–Kier alpha value is -1.17. The molecule has 1 aromatic rings. The van der Waals surface area contributed by atoms with Gasteiger partial charge in [0.05, 0.1) is 5.69 Å². The van der Waals surface area contributed by atoms with Crippen molar-refractivity contribution in [3.8, 4) is 0 Å². The summed E-state index contributed by atoms with van der Waals surface area (Å²) in [5.41, 5.74) is 6.75. The van der Waals surface area contributed by atoms with Crippen LogP contribution in [0.3, 0.4) is 0 Å². The van der Waals surface area contributed by atoms with E-state index in [1.54, 1.807) is 18.2 Å². The Kier molecular flexibility index (Phi) is 4.74. The van der Waals surface area contributed by atoms with Gasteiger partial charge in [0.1, 0.15) is 11.1 Å². The van der Waals surface area contributed by atoms with Crippen molar-refractivity contribution in [1.29, 1.82) is 0 Å². The molecule has 6 heteroatoms. The second-order valence-electron chi connectivity index (χ2n) is 4.40. The number of hydrogen-bond acceptors (Lipinski definition) is 3. The maximum absolute atomic E-state index is 12.1. The number of nitrogens with two attached hydrogens (primary N) is 1. The Bertz CT molecular complexity index is 501. The molecule has 0 spiro atoms. The Balaban J connectivity index is 2.15. The summed E-state index contributed by atoms with van der Waals surface area (Å²) in [6.07, 6.45) is 2.32. The highest BCUT2D eigenvalue weighted by molar-refractivity contribution is 7.80. The number of benzene rings is 1. The molecule has 1 aliphatic heterocycles. The Morgan fingerprint density at radius 2 is 2.26 bits per heavy atom. The number of halogens is 1. The first kappa shape index (κ1) is 14.2. The fraction of sp³-hybridized carbons (Fsp3) is 0.385. The van der Waals surface area contributed by atoms with Crippen LogP contribution in [-0.4, -0.2) is 23.6 Å². The van der Waals surface area contributed by atoms with E-state index < -0.39 is 6.10 Å². The van der Waals surface area contributed by atoms with Crippen LogP contribution < -0.4 is 11.1 Å². The van der Waals surface area contributed by atoms with Gasteiger partial charge in [-0.05, 0) is 37.5 Å². The van der Waals surface area contributed by atoms with Crippen molar-refractivity contribution in [2.24, 2.45) is 5.73 Å². The summed E-state index contributed by atoms with van der Waals surface area (Å²) >= 11 is 10.9. The van der Waals surface area contributed by atoms with Crippen molar-refractivity contribution >= 4 is 40.4 Å². The Labute approximate surface area is 122 Å². The quantitative estimate of drug-likeness (QED) is 0.842. The van der Waals surface area contributed by atoms with E-state index in [9.17, 15) is 4.79 Å². The lowest BCUT2D eigenvalue weighted by molar-refractivity contribution is -0.129. The summed E-state index contributed by atoms with van der Waals surface area (Å²) in [6.45, 7) is 0.621. The maximum atomic E-state index is 12.1. The van der Waals surface area contributed by atoms with Gasteiger partial charge in [0, 0.05) is 17.2 Å². The molecule has 0 aromatic heterocycles. The number of rotatable bonds is 3. The summed E-state index contributed by atoms with van der Waals surface area (Å²) in [5.74, 6) is -0.181. The largest absolute Gasteiger partial charge is 0.389 e. The van der Waals surface area contributed by atoms with Gasteiger partial charge in [0.15, 0.2) is 0 Å². The van der Waals surface area contributed by atoms with Crippen LogP contribution in [0.15, 0.2) is 18.2 Å². The SMILES string of the molecule is NC(=S)c1ccc(Cl)cc1NC(=O)C1CCCCO1. The summed E-state index contributed by atoms with van der Waals surface area (Å²) in [7, 11) is 0. The normalized spacial score (nSPS) is 18.9. The fourth-order valence-electron chi connectivity index (χ4n) is 2.00. The van der Waals surface area contributed by atoms with Gasteiger partial charge in [-0.15, -0.1) is 0 Å². The van der Waals surface area contributed by atoms with Crippen molar-refractivity contribution in [3.63, 3.8) is 0 Å². The van der Waals surface area contributed by atoms with Gasteiger partial charge in [-0.3, -0.25) is 4.79 Å². The third-order valence-electron chi connectivity index (χ3n) is 2.98. The third-order valence-corrected chi connectivity index (χ3v) is 3.43. The minimum Gasteiger partial charge on any atom is -0.389 e. The lowest BCUT2D eigenvalue weighted by Crippen LogP contribution is -2.33. The van der Waals surface area contributed by atoms with Crippen LogP contribution in [0, 0.1) is 0 Å². The van der Waals surface area contributed by atoms with Crippen molar-refractivity contribution in [2.75, 3.05) is 11.9 Å². The number of carbonyl (C=O) groups excluding carboxylic acids is 1. The molecule has 0 bridgehead atoms. The highest BCUT2D eigenvalue weighted by atomic mass is 35.5. The predicted molar refractivity (Wildman–Crippen MR) is 79.6 cm³/mol. The molecule has 1 heterocycles. The van der Waals surface area contributed by atoms with Crippen LogP contribution in [0.2, 0.25) is 5.02 Å². The van der Waals surface area contributed by atoms with Crippen molar-refractivity contribution < 1.29 is 9.53 Å². The number of anilines is 1. The standard InChI is InChI=1S/C13H15ClN2O2S/c14-8-4-5-9(12(15)19)10(7-8)16-13(17)11-3-1-2-6-18-11/h4-5,7,11H,1-3,6H2,(H2,15,19)(H,16,17). The molecule has 1 atom stereocenters. The van der Waals surface area contributed by atoms with Crippen LogP contribution >= 0.6 is 23.8 Å². The highest BCUT2D eigenvalue weighted by Crippen LogP contribution is 2.22. The predicted octanol–water partition coefficient (Wildman–Crippen LogP) is 2.48. The van der Waals surface area contributed by atoms with Crippen molar-refractivity contribution in [1.82, 2.24) is 0 Å². The van der Waals surface area contributed by atoms with Crippen LogP contribution in [0.1, 0.15) is 24.8 Å². The van der Waals surface area contributed by atoms with E-state index >= 15 is 0 Å². The molecule has 3 N–H and O–H groups in total. The molecule has 0 saturated carbocycles. The maximum Gasteiger partial charge on any atom is 0.253 e. The lowest BCUT2D eigenvalue weighted by atomic mass is 10.1. The van der Waals surface area contributed by atoms with Crippen molar-refractivity contribution in [2.45, 2.75) is 25.4 Å². The molecule has 102 valence electrons. The van der Waals surface area contributed by atoms with E-state index in [0.717, 1.165) is 19.3 Å². The van der Waals surface area contributed by atoms with E-state index in [2.05, 4.69) is 5.32 Å². The number of ether oxygens (including phenoxy) is 1. The second-order valence-corrected chi connectivity index (χ2v) is 5.27. The molecule has 1 fully saturated rings. The topological polar surface area (TPSA) is 64.3 Å². The van der Waals surface area contributed by atoms with E-state index in [1.807, 2.05) is 0 Å². The van der Waals surface area contributed by atoms with Gasteiger partial charge in [-0.25, -0.2) is 0 Å². The molecule has 4 nitrogen and oxygen atoms in total. The summed E-state index contributed by atoms with van der Waals surface area (Å²) in [6, 6.07) is 5.02. The average Bonchev–Trinajstić information content (AvgIpc) is 2.39. The number of thiocarbonyl (C=S) groups is 1. The van der Waals surface area contributed by atoms with Crippen LogP contribution in [0.5, 0.6) is 0 Å². The van der Waals surface area contributed by atoms with Gasteiger partial charge in [-0.2, -0.15) is 0 Å². The molecular formula is C13H15ClN2O2S. The number of amides is 1. The van der Waals surface area contributed by atoms with E-state index in [-0.39, 0.29) is 10.9 Å². The molecule has 1 unspecified atom stereocenters. The molecular weight excluding hydrogens is 284 g/mol. The Morgan fingerprint density at radius 3 is 2.89 bits per heavy atom. The molecule has 0 aliphatic carbocycles. The number of hydrogen-bond donors (Lipinski definition) is 2. The summed E-state index contributed by atoms with van der Waals surface area (Å²) in [5, 5.41) is 3.30. The van der Waals surface area contributed by atoms with Gasteiger partial charge in [-0.1, -0.05) is 23.8 Å². The number of nitrogens with one attached hydrogen (secondary N) is 1. The second kappa shape index (κ2) is 6.32. The first-order valence-corrected chi connectivity index (χ1v) is 6.88. The fourth-order valence-corrected chi connectivity index (χ4v) is 2.35. The molecule has 19 heavy (non-hydrogen) atoms. The first-order chi connectivity index (χ1) is 9.08. The van der Waals surface area contributed by atoms with Crippen molar-refractivity contribution in [3.05, 3.63) is 28.8 Å². The van der Waals surface area contributed by atoms with Crippen LogP contribution in [-0.2, 0) is 9.53 Å². The average molecular weight is 299 g/mol. The zero-order valence-electron chi connectivity index (χ0n) is 10.3. The van der Waals surface area contributed by atoms with E-state index in [1.165, 1.54) is 0 Å². The van der Waals surface area contributed by atoms with E-state index in [4.69, 9.17) is 34.3 Å². The molecule has 1 aromatic carbocycles. The molecule has 2 rings (SSSR count). The third kappa shape index (κ3) is 3.65. The zero-order chi connectivity index (χ0) is 13.8. The zero-order valence-corrected chi connectivity index (χ0v) is 11.9. The highest BCUT2D eigenvalue weighted by Gasteiger charge is 2.22. The summed E-state index contributed by atoms with van der Waals surface area (Å²) < 4.78 is 5.43. The minimum atomic E-state index is -0.410. The molecule has 1 aliphatic rings. The molecule has 1 saturated heterocycles. The van der Waals surface area contributed by atoms with Crippen LogP contribution in [0.25, 0.3) is 0 Å². The van der Waals surface area contributed by atoms with E-state index in [0.29, 0.717) is 22.9 Å². The van der Waals surface area contributed by atoms with Crippen LogP contribution in [0.4, 0.5) is 5.69 Å². The monoisotopic (exact) mass is 298 g/mol. The van der Waals surface area contributed by atoms with Gasteiger partial charge in [0.25, 0.3) is 5.91 Å². The number of carbonyl (C=O) groups is 1. The summed E-state index contributed by atoms with van der Waals surface area (Å²) in [4.78, 5) is 12.3. The first-order valence-electron chi connectivity index (χ1n) is 6.10. The Morgan fingerprint density at radius 1 is 1.47 bits per heavy atom. The van der Waals surface area contributed by atoms with Gasteiger partial charge in [0.2, 0.25) is 0 Å². The minimum absolute atomic E-state index is 0.181. The molecule has 0 radical (unpaired) electrons. The van der Waals surface area contributed by atoms with Gasteiger partial charge < -0.3 is 15.8 Å².